The summed E-state index contributed by atoms with van der Waals surface area (Å²) in [5, 5.41) is 22.9. The van der Waals surface area contributed by atoms with Gasteiger partial charge < -0.3 is 4.74 Å². The lowest BCUT2D eigenvalue weighted by atomic mass is 10.3. The van der Waals surface area contributed by atoms with Crippen molar-refractivity contribution in [1.29, 1.82) is 0 Å². The maximum absolute atomic E-state index is 11.9. The number of hydrogen-bond donors (Lipinski definition) is 2. The molecule has 0 aliphatic carbocycles. The highest BCUT2D eigenvalue weighted by Gasteiger charge is 2.12. The first-order chi connectivity index (χ1) is 13.5. The van der Waals surface area contributed by atoms with Crippen LogP contribution in [0.4, 0.5) is 10.3 Å². The van der Waals surface area contributed by atoms with E-state index in [0.29, 0.717) is 25.4 Å². The van der Waals surface area contributed by atoms with Crippen molar-refractivity contribution in [1.82, 2.24) is 20.4 Å². The number of nitrogens with zero attached hydrogens (tertiary/aromatic N) is 4. The predicted molar refractivity (Wildman–Crippen MR) is 109 cm³/mol. The lowest BCUT2D eigenvalue weighted by Gasteiger charge is -2.05. The Morgan fingerprint density at radius 1 is 1.04 bits per heavy atom. The van der Waals surface area contributed by atoms with Gasteiger partial charge in [0.15, 0.2) is 10.9 Å². The highest BCUT2D eigenvalue weighted by Crippen LogP contribution is 2.26. The van der Waals surface area contributed by atoms with Gasteiger partial charge in [-0.2, -0.15) is 0 Å². The summed E-state index contributed by atoms with van der Waals surface area (Å²) >= 11 is 9.46. The Labute approximate surface area is 176 Å². The molecule has 13 heteroatoms. The number of halogens is 1. The molecule has 0 bridgehead atoms. The Hall–Kier alpha value is -2.28. The molecule has 3 aromatic rings. The molecule has 0 saturated carbocycles. The van der Waals surface area contributed by atoms with Gasteiger partial charge in [-0.25, -0.2) is 0 Å². The van der Waals surface area contributed by atoms with Crippen LogP contribution in [0.2, 0.25) is 5.02 Å². The topological polar surface area (TPSA) is 119 Å². The van der Waals surface area contributed by atoms with Gasteiger partial charge in [-0.05, 0) is 31.2 Å². The van der Waals surface area contributed by atoms with Gasteiger partial charge in [-0.3, -0.25) is 20.2 Å². The van der Waals surface area contributed by atoms with Crippen LogP contribution in [0.5, 0.6) is 5.75 Å². The maximum Gasteiger partial charge on any atom is 0.264 e. The second kappa shape index (κ2) is 9.78. The van der Waals surface area contributed by atoms with Crippen molar-refractivity contribution in [2.45, 2.75) is 11.3 Å². The van der Waals surface area contributed by atoms with E-state index in [1.807, 2.05) is 0 Å². The molecule has 0 radical (unpaired) electrons. The number of carbonyl (C=O) groups excluding carboxylic acids is 2. The summed E-state index contributed by atoms with van der Waals surface area (Å²) in [5.41, 5.74) is 0. The molecule has 1 aromatic carbocycles. The molecule has 0 aliphatic rings. The van der Waals surface area contributed by atoms with Crippen molar-refractivity contribution in [3.8, 4) is 5.75 Å². The lowest BCUT2D eigenvalue weighted by Crippen LogP contribution is -2.20. The standard InChI is InChI=1S/C15H13ClN6O3S3/c1-8-19-20-13(27-8)18-12(24)7-26-15-22-21-14(28-15)17-11(23)6-25-10-4-2-9(16)3-5-10/h2-5H,6-7H2,1H3,(H,17,21,23)(H,18,20,24). The zero-order valence-electron chi connectivity index (χ0n) is 14.3. The first-order valence-corrected chi connectivity index (χ1v) is 10.7. The van der Waals surface area contributed by atoms with Crippen molar-refractivity contribution >= 4 is 68.1 Å². The van der Waals surface area contributed by atoms with E-state index in [1.54, 1.807) is 31.2 Å². The van der Waals surface area contributed by atoms with Crippen LogP contribution in [0.1, 0.15) is 5.01 Å². The van der Waals surface area contributed by atoms with Gasteiger partial charge in [0.2, 0.25) is 16.2 Å². The van der Waals surface area contributed by atoms with Gasteiger partial charge in [0, 0.05) is 5.02 Å². The fourth-order valence-corrected chi connectivity index (χ4v) is 4.09. The van der Waals surface area contributed by atoms with E-state index in [1.165, 1.54) is 34.4 Å². The van der Waals surface area contributed by atoms with E-state index >= 15 is 0 Å². The van der Waals surface area contributed by atoms with Gasteiger partial charge in [0.25, 0.3) is 5.91 Å². The SMILES string of the molecule is Cc1nnc(NC(=O)CSc2nnc(NC(=O)COc3ccc(Cl)cc3)s2)s1. The second-order valence-corrected chi connectivity index (χ2v) is 8.95. The molecule has 0 spiro atoms. The third-order valence-electron chi connectivity index (χ3n) is 2.94. The molecule has 2 amide bonds. The van der Waals surface area contributed by atoms with Crippen molar-refractivity contribution in [2.24, 2.45) is 0 Å². The average Bonchev–Trinajstić information content (AvgIpc) is 3.28. The van der Waals surface area contributed by atoms with Crippen LogP contribution in [-0.4, -0.2) is 44.6 Å². The number of aromatic nitrogens is 4. The summed E-state index contributed by atoms with van der Waals surface area (Å²) in [6.07, 6.45) is 0. The number of ether oxygens (including phenoxy) is 1. The number of hydrogen-bond acceptors (Lipinski definition) is 10. The van der Waals surface area contributed by atoms with Crippen LogP contribution in [0.3, 0.4) is 0 Å². The molecule has 3 rings (SSSR count). The molecule has 0 unspecified atom stereocenters. The normalized spacial score (nSPS) is 10.5. The Morgan fingerprint density at radius 2 is 1.71 bits per heavy atom. The molecule has 2 N–H and O–H groups in total. The Morgan fingerprint density at radius 3 is 2.43 bits per heavy atom. The molecule has 146 valence electrons. The minimum atomic E-state index is -0.368. The van der Waals surface area contributed by atoms with Crippen molar-refractivity contribution < 1.29 is 14.3 Å². The van der Waals surface area contributed by atoms with Crippen molar-refractivity contribution in [2.75, 3.05) is 23.0 Å². The number of anilines is 2. The summed E-state index contributed by atoms with van der Waals surface area (Å²) in [7, 11) is 0. The molecule has 2 heterocycles. The van der Waals surface area contributed by atoms with Gasteiger partial charge in [0.05, 0.1) is 5.75 Å². The van der Waals surface area contributed by atoms with E-state index in [0.717, 1.165) is 5.01 Å². The molecule has 28 heavy (non-hydrogen) atoms. The quantitative estimate of drug-likeness (QED) is 0.392. The van der Waals surface area contributed by atoms with Crippen LogP contribution in [0.25, 0.3) is 0 Å². The summed E-state index contributed by atoms with van der Waals surface area (Å²) < 4.78 is 5.91. The lowest BCUT2D eigenvalue weighted by molar-refractivity contribution is -0.118. The van der Waals surface area contributed by atoms with Crippen LogP contribution in [-0.2, 0) is 9.59 Å². The molecule has 0 fully saturated rings. The molecular formula is C15H13ClN6O3S3. The fraction of sp³-hybridized carbons (Fsp3) is 0.200. The Bertz CT molecular complexity index is 962. The van der Waals surface area contributed by atoms with Crippen LogP contribution < -0.4 is 15.4 Å². The monoisotopic (exact) mass is 456 g/mol. The minimum Gasteiger partial charge on any atom is -0.484 e. The first kappa shape index (κ1) is 20.5. The van der Waals surface area contributed by atoms with E-state index < -0.39 is 0 Å². The minimum absolute atomic E-state index is 0.140. The number of benzene rings is 1. The average molecular weight is 457 g/mol. The van der Waals surface area contributed by atoms with E-state index in [2.05, 4.69) is 31.0 Å². The second-order valence-electron chi connectivity index (χ2n) is 5.13. The molecule has 0 atom stereocenters. The fourth-order valence-electron chi connectivity index (χ4n) is 1.78. The zero-order valence-corrected chi connectivity index (χ0v) is 17.5. The summed E-state index contributed by atoms with van der Waals surface area (Å²) in [5.74, 6) is 0.0796. The van der Waals surface area contributed by atoms with Crippen molar-refractivity contribution in [3.05, 3.63) is 34.3 Å². The van der Waals surface area contributed by atoms with Gasteiger partial charge in [0.1, 0.15) is 10.8 Å². The number of carbonyl (C=O) groups is 2. The number of aryl methyl sites for hydroxylation is 1. The molecule has 0 aliphatic heterocycles. The Balaban J connectivity index is 1.41. The summed E-state index contributed by atoms with van der Waals surface area (Å²) in [6.45, 7) is 1.63. The third kappa shape index (κ3) is 6.41. The van der Waals surface area contributed by atoms with E-state index in [9.17, 15) is 9.59 Å². The molecule has 9 nitrogen and oxygen atoms in total. The predicted octanol–water partition coefficient (Wildman–Crippen LogP) is 3.10. The molecule has 2 aromatic heterocycles. The van der Waals surface area contributed by atoms with Crippen LogP contribution in [0, 0.1) is 6.92 Å². The van der Waals surface area contributed by atoms with Crippen LogP contribution >= 0.6 is 46.0 Å². The number of thioether (sulfide) groups is 1. The summed E-state index contributed by atoms with van der Waals surface area (Å²) in [6, 6.07) is 6.68. The van der Waals surface area contributed by atoms with Crippen molar-refractivity contribution in [3.63, 3.8) is 0 Å². The van der Waals surface area contributed by atoms with Gasteiger partial charge >= 0.3 is 0 Å². The highest BCUT2D eigenvalue weighted by atomic mass is 35.5. The molecule has 0 saturated heterocycles. The molecular weight excluding hydrogens is 444 g/mol. The van der Waals surface area contributed by atoms with E-state index in [4.69, 9.17) is 16.3 Å². The highest BCUT2D eigenvalue weighted by molar-refractivity contribution is 8.01. The Kier molecular flexibility index (Phi) is 7.14. The number of nitrogens with one attached hydrogen (secondary N) is 2. The maximum atomic E-state index is 11.9. The first-order valence-electron chi connectivity index (χ1n) is 7.72. The van der Waals surface area contributed by atoms with Gasteiger partial charge in [-0.15, -0.1) is 20.4 Å². The number of rotatable bonds is 8. The van der Waals surface area contributed by atoms with E-state index in [-0.39, 0.29) is 24.2 Å². The largest absolute Gasteiger partial charge is 0.484 e. The zero-order chi connectivity index (χ0) is 19.9. The third-order valence-corrected chi connectivity index (χ3v) is 5.91. The number of amides is 2. The van der Waals surface area contributed by atoms with Crippen LogP contribution in [0.15, 0.2) is 28.6 Å². The smallest absolute Gasteiger partial charge is 0.264 e. The van der Waals surface area contributed by atoms with Gasteiger partial charge in [-0.1, -0.05) is 46.0 Å². The summed E-state index contributed by atoms with van der Waals surface area (Å²) in [4.78, 5) is 23.8.